The van der Waals surface area contributed by atoms with Crippen LogP contribution < -0.4 is 10.5 Å². The molecule has 0 spiro atoms. The Morgan fingerprint density at radius 3 is 2.52 bits per heavy atom. The van der Waals surface area contributed by atoms with Crippen molar-refractivity contribution in [3.63, 3.8) is 0 Å². The molecule has 0 atom stereocenters. The van der Waals surface area contributed by atoms with E-state index >= 15 is 0 Å². The Labute approximate surface area is 128 Å². The largest absolute Gasteiger partial charge is 0.455 e. The van der Waals surface area contributed by atoms with Crippen molar-refractivity contribution in [2.75, 3.05) is 5.73 Å². The first-order valence-corrected chi connectivity index (χ1v) is 7.01. The number of halogens is 1. The molecule has 0 saturated carbocycles. The van der Waals surface area contributed by atoms with Gasteiger partial charge < -0.3 is 10.5 Å². The molecule has 4 heteroatoms. The molecule has 2 N–H and O–H groups in total. The molecule has 0 unspecified atom stereocenters. The third-order valence-corrected chi connectivity index (χ3v) is 3.68. The third-order valence-electron chi connectivity index (χ3n) is 3.46. The monoisotopic (exact) mass is 298 g/mol. The van der Waals surface area contributed by atoms with E-state index in [4.69, 9.17) is 22.1 Å². The van der Waals surface area contributed by atoms with Gasteiger partial charge in [0.2, 0.25) is 0 Å². The number of pyridine rings is 1. The average Bonchev–Trinajstić information content (AvgIpc) is 2.45. The summed E-state index contributed by atoms with van der Waals surface area (Å²) >= 11 is 6.05. The summed E-state index contributed by atoms with van der Waals surface area (Å²) in [5, 5.41) is 2.63. The van der Waals surface area contributed by atoms with Crippen LogP contribution in [0.5, 0.6) is 11.5 Å². The molecule has 3 nitrogen and oxygen atoms in total. The molecule has 0 aliphatic carbocycles. The zero-order valence-electron chi connectivity index (χ0n) is 11.9. The number of rotatable bonds is 2. The van der Waals surface area contributed by atoms with E-state index < -0.39 is 0 Å². The lowest BCUT2D eigenvalue weighted by Gasteiger charge is -2.15. The Morgan fingerprint density at radius 2 is 1.81 bits per heavy atom. The molecule has 3 aromatic rings. The van der Waals surface area contributed by atoms with Gasteiger partial charge in [0.15, 0.2) is 5.75 Å². The standard InChI is InChI=1S/C17H15ClN2O/c1-10-7-13(18)8-11(2)17(10)21-15-4-3-12-9-20-6-5-14(12)16(15)19/h3-9H,19H2,1-2H3. The molecule has 0 aliphatic heterocycles. The van der Waals surface area contributed by atoms with Gasteiger partial charge in [-0.25, -0.2) is 0 Å². The number of nitrogens with zero attached hydrogens (tertiary/aromatic N) is 1. The molecule has 0 fully saturated rings. The highest BCUT2D eigenvalue weighted by Gasteiger charge is 2.11. The van der Waals surface area contributed by atoms with Crippen LogP contribution in [-0.4, -0.2) is 4.98 Å². The Bertz CT molecular complexity index is 807. The summed E-state index contributed by atoms with van der Waals surface area (Å²) in [6.45, 7) is 3.94. The fraction of sp³-hybridized carbons (Fsp3) is 0.118. The number of hydrogen-bond acceptors (Lipinski definition) is 3. The van der Waals surface area contributed by atoms with Crippen LogP contribution >= 0.6 is 11.6 Å². The summed E-state index contributed by atoms with van der Waals surface area (Å²) in [5.74, 6) is 1.43. The summed E-state index contributed by atoms with van der Waals surface area (Å²) in [6, 6.07) is 9.47. The van der Waals surface area contributed by atoms with E-state index in [-0.39, 0.29) is 0 Å². The minimum absolute atomic E-state index is 0.614. The van der Waals surface area contributed by atoms with Gasteiger partial charge in [-0.05, 0) is 55.3 Å². The van der Waals surface area contributed by atoms with Crippen LogP contribution in [0.1, 0.15) is 11.1 Å². The molecule has 0 amide bonds. The highest BCUT2D eigenvalue weighted by molar-refractivity contribution is 6.30. The van der Waals surface area contributed by atoms with E-state index in [1.807, 2.05) is 44.2 Å². The number of fused-ring (bicyclic) bond motifs is 1. The van der Waals surface area contributed by atoms with Gasteiger partial charge in [-0.3, -0.25) is 4.98 Å². The summed E-state index contributed by atoms with van der Waals surface area (Å²) in [7, 11) is 0. The van der Waals surface area contributed by atoms with Gasteiger partial charge in [0.25, 0.3) is 0 Å². The number of nitrogen functional groups attached to an aromatic ring is 1. The van der Waals surface area contributed by atoms with Crippen LogP contribution in [0.4, 0.5) is 5.69 Å². The molecular weight excluding hydrogens is 284 g/mol. The van der Waals surface area contributed by atoms with Gasteiger partial charge in [0.05, 0.1) is 5.69 Å². The number of ether oxygens (including phenoxy) is 1. The first kappa shape index (κ1) is 13.7. The van der Waals surface area contributed by atoms with Crippen molar-refractivity contribution in [3.05, 3.63) is 58.9 Å². The topological polar surface area (TPSA) is 48.1 Å². The lowest BCUT2D eigenvalue weighted by molar-refractivity contribution is 0.478. The summed E-state index contributed by atoms with van der Waals surface area (Å²) in [4.78, 5) is 4.09. The smallest absolute Gasteiger partial charge is 0.150 e. The lowest BCUT2D eigenvalue weighted by Crippen LogP contribution is -1.96. The first-order chi connectivity index (χ1) is 10.1. The zero-order chi connectivity index (χ0) is 15.0. The second-order valence-electron chi connectivity index (χ2n) is 5.04. The molecule has 2 aromatic carbocycles. The fourth-order valence-electron chi connectivity index (χ4n) is 2.43. The maximum atomic E-state index is 6.22. The van der Waals surface area contributed by atoms with Crippen molar-refractivity contribution in [2.45, 2.75) is 13.8 Å². The van der Waals surface area contributed by atoms with Gasteiger partial charge in [-0.1, -0.05) is 11.6 Å². The quantitative estimate of drug-likeness (QED) is 0.686. The highest BCUT2D eigenvalue weighted by atomic mass is 35.5. The third kappa shape index (κ3) is 2.52. The van der Waals surface area contributed by atoms with E-state index in [1.165, 1.54) is 0 Å². The molecule has 0 radical (unpaired) electrons. The molecule has 106 valence electrons. The summed E-state index contributed by atoms with van der Waals surface area (Å²) in [6.07, 6.45) is 3.51. The summed E-state index contributed by atoms with van der Waals surface area (Å²) in [5.41, 5.74) is 8.79. The highest BCUT2D eigenvalue weighted by Crippen LogP contribution is 2.36. The van der Waals surface area contributed by atoms with E-state index in [9.17, 15) is 0 Å². The molecular formula is C17H15ClN2O. The zero-order valence-corrected chi connectivity index (χ0v) is 12.6. The van der Waals surface area contributed by atoms with Crippen LogP contribution in [0.25, 0.3) is 10.8 Å². The maximum absolute atomic E-state index is 6.22. The van der Waals surface area contributed by atoms with Gasteiger partial charge in [-0.2, -0.15) is 0 Å². The predicted molar refractivity (Wildman–Crippen MR) is 87.2 cm³/mol. The van der Waals surface area contributed by atoms with Crippen molar-refractivity contribution in [3.8, 4) is 11.5 Å². The molecule has 0 bridgehead atoms. The van der Waals surface area contributed by atoms with Crippen LogP contribution in [0.3, 0.4) is 0 Å². The average molecular weight is 299 g/mol. The van der Waals surface area contributed by atoms with Crippen molar-refractivity contribution in [2.24, 2.45) is 0 Å². The van der Waals surface area contributed by atoms with Crippen LogP contribution in [0.15, 0.2) is 42.7 Å². The van der Waals surface area contributed by atoms with E-state index in [2.05, 4.69) is 4.98 Å². The van der Waals surface area contributed by atoms with Crippen molar-refractivity contribution < 1.29 is 4.74 Å². The van der Waals surface area contributed by atoms with Gasteiger partial charge >= 0.3 is 0 Å². The minimum atomic E-state index is 0.614. The van der Waals surface area contributed by atoms with Gasteiger partial charge in [-0.15, -0.1) is 0 Å². The summed E-state index contributed by atoms with van der Waals surface area (Å²) < 4.78 is 6.03. The predicted octanol–water partition coefficient (Wildman–Crippen LogP) is 4.88. The number of hydrogen-bond donors (Lipinski definition) is 1. The lowest BCUT2D eigenvalue weighted by atomic mass is 10.1. The Morgan fingerprint density at radius 1 is 1.10 bits per heavy atom. The maximum Gasteiger partial charge on any atom is 0.150 e. The second kappa shape index (κ2) is 5.26. The Hall–Kier alpha value is -2.26. The Balaban J connectivity index is 2.09. The molecule has 0 aliphatic rings. The van der Waals surface area contributed by atoms with Crippen molar-refractivity contribution in [1.82, 2.24) is 4.98 Å². The number of nitrogens with two attached hydrogens (primary N) is 1. The molecule has 0 saturated heterocycles. The van der Waals surface area contributed by atoms with Gasteiger partial charge in [0.1, 0.15) is 5.75 Å². The van der Waals surface area contributed by atoms with E-state index in [0.717, 1.165) is 27.6 Å². The van der Waals surface area contributed by atoms with Crippen molar-refractivity contribution in [1.29, 1.82) is 0 Å². The first-order valence-electron chi connectivity index (χ1n) is 6.63. The van der Waals surface area contributed by atoms with Crippen LogP contribution in [0.2, 0.25) is 5.02 Å². The minimum Gasteiger partial charge on any atom is -0.455 e. The molecule has 3 rings (SSSR count). The van der Waals surface area contributed by atoms with Crippen molar-refractivity contribution >= 4 is 28.1 Å². The number of aryl methyl sites for hydroxylation is 2. The number of benzene rings is 2. The SMILES string of the molecule is Cc1cc(Cl)cc(C)c1Oc1ccc2cnccc2c1N. The van der Waals surface area contributed by atoms with Crippen LogP contribution in [-0.2, 0) is 0 Å². The fourth-order valence-corrected chi connectivity index (χ4v) is 2.76. The molecule has 1 aromatic heterocycles. The van der Waals surface area contributed by atoms with Gasteiger partial charge in [0, 0.05) is 28.2 Å². The molecule has 21 heavy (non-hydrogen) atoms. The van der Waals surface area contributed by atoms with E-state index in [1.54, 1.807) is 12.4 Å². The van der Waals surface area contributed by atoms with Crippen LogP contribution in [0, 0.1) is 13.8 Å². The molecule has 1 heterocycles. The Kier molecular flexibility index (Phi) is 3.43. The second-order valence-corrected chi connectivity index (χ2v) is 5.48. The number of aromatic nitrogens is 1. The normalized spacial score (nSPS) is 10.8. The van der Waals surface area contributed by atoms with E-state index in [0.29, 0.717) is 16.5 Å². The number of anilines is 1.